The first-order chi connectivity index (χ1) is 67.4. The lowest BCUT2D eigenvalue weighted by Crippen LogP contribution is -2.04. The molecule has 136 heavy (non-hydrogen) atoms. The van der Waals surface area contributed by atoms with Crippen LogP contribution in [0.4, 0.5) is 0 Å². The Hall–Kier alpha value is -18.2. The fraction of sp³-hybridized carbons (Fsp3) is 0. The summed E-state index contributed by atoms with van der Waals surface area (Å²) in [5.41, 5.74) is 23.8. The van der Waals surface area contributed by atoms with Crippen molar-refractivity contribution in [2.45, 2.75) is 0 Å². The molecule has 29 aromatic rings. The summed E-state index contributed by atoms with van der Waals surface area (Å²) in [6.45, 7) is 0. The highest BCUT2D eigenvalue weighted by Crippen LogP contribution is 2.47. The lowest BCUT2D eigenvalue weighted by Gasteiger charge is -2.14. The molecule has 29 rings (SSSR count). The lowest BCUT2D eigenvalue weighted by atomic mass is 9.94. The summed E-state index contributed by atoms with van der Waals surface area (Å²) >= 11 is 0. The van der Waals surface area contributed by atoms with Gasteiger partial charge in [0.05, 0.1) is 72.6 Å². The van der Waals surface area contributed by atoms with Gasteiger partial charge in [0, 0.05) is 76.4 Å². The zero-order chi connectivity index (χ0) is 89.2. The minimum Gasteiger partial charge on any atom is -0.309 e. The summed E-state index contributed by atoms with van der Waals surface area (Å²) in [5, 5.41) is 31.5. The molecule has 6 heterocycles. The van der Waals surface area contributed by atoms with Gasteiger partial charge >= 0.3 is 0 Å². The summed E-state index contributed by atoms with van der Waals surface area (Å²) in [5.74, 6) is 1.27. The van der Waals surface area contributed by atoms with E-state index in [1.807, 2.05) is 0 Å². The Bertz CT molecular complexity index is 9870. The summed E-state index contributed by atoms with van der Waals surface area (Å²) in [6.07, 6.45) is 0. The van der Waals surface area contributed by atoms with Gasteiger partial charge in [0.15, 0.2) is 0 Å². The van der Waals surface area contributed by atoms with Gasteiger partial charge in [-0.15, -0.1) is 0 Å². The molecule has 0 atom stereocenters. The molecule has 0 bridgehead atoms. The number of aromatic nitrogens is 8. The van der Waals surface area contributed by atoms with Crippen molar-refractivity contribution in [3.8, 4) is 90.6 Å². The van der Waals surface area contributed by atoms with Gasteiger partial charge in [-0.1, -0.05) is 370 Å². The molecular formula is C128H78N8. The van der Waals surface area contributed by atoms with Crippen LogP contribution in [0, 0.1) is 0 Å². The van der Waals surface area contributed by atoms with Crippen molar-refractivity contribution in [2.75, 3.05) is 0 Å². The molecule has 0 spiro atoms. The molecule has 23 aromatic carbocycles. The summed E-state index contributed by atoms with van der Waals surface area (Å²) in [4.78, 5) is 21.9. The van der Waals surface area contributed by atoms with Gasteiger partial charge in [-0.3, -0.25) is 9.13 Å². The van der Waals surface area contributed by atoms with Gasteiger partial charge in [0.25, 0.3) is 0 Å². The Labute approximate surface area is 780 Å². The highest BCUT2D eigenvalue weighted by molar-refractivity contribution is 6.26. The van der Waals surface area contributed by atoms with Crippen molar-refractivity contribution in [1.82, 2.24) is 38.2 Å². The molecule has 0 saturated carbocycles. The van der Waals surface area contributed by atoms with Crippen molar-refractivity contribution in [2.24, 2.45) is 0 Å². The largest absolute Gasteiger partial charge is 0.309 e. The summed E-state index contributed by atoms with van der Waals surface area (Å²) in [6, 6.07) is 172. The topological polar surface area (TPSA) is 71.3 Å². The van der Waals surface area contributed by atoms with Crippen molar-refractivity contribution in [3.63, 3.8) is 0 Å². The van der Waals surface area contributed by atoms with Crippen LogP contribution in [0.1, 0.15) is 0 Å². The Balaban J connectivity index is 0.000000135. The Kier molecular flexibility index (Phi) is 17.3. The highest BCUT2D eigenvalue weighted by Gasteiger charge is 2.26. The Morgan fingerprint density at radius 2 is 0.382 bits per heavy atom. The van der Waals surface area contributed by atoms with Crippen LogP contribution in [0.5, 0.6) is 0 Å². The van der Waals surface area contributed by atoms with Crippen LogP contribution < -0.4 is 0 Å². The van der Waals surface area contributed by atoms with Crippen LogP contribution in [0.25, 0.3) is 275 Å². The first-order valence-corrected chi connectivity index (χ1v) is 46.5. The fourth-order valence-electron chi connectivity index (χ4n) is 22.2. The van der Waals surface area contributed by atoms with Gasteiger partial charge in [0.2, 0.25) is 11.9 Å². The fourth-order valence-corrected chi connectivity index (χ4v) is 22.2. The third-order valence-corrected chi connectivity index (χ3v) is 28.4. The lowest BCUT2D eigenvalue weighted by molar-refractivity contribution is 0.996. The molecule has 0 aliphatic carbocycles. The van der Waals surface area contributed by atoms with Crippen LogP contribution in [-0.4, -0.2) is 38.2 Å². The number of hydrogen-bond acceptors (Lipinski definition) is 4. The quantitative estimate of drug-likeness (QED) is 0.128. The van der Waals surface area contributed by atoms with Gasteiger partial charge in [0.1, 0.15) is 0 Å². The number of rotatable bonds is 10. The molecule has 8 nitrogen and oxygen atoms in total. The molecule has 0 aliphatic heterocycles. The number of benzene rings is 23. The van der Waals surface area contributed by atoms with Crippen LogP contribution in [-0.2, 0) is 0 Å². The predicted octanol–water partition coefficient (Wildman–Crippen LogP) is 33.7. The van der Waals surface area contributed by atoms with Crippen LogP contribution in [0.15, 0.2) is 473 Å². The molecule has 0 aliphatic rings. The second-order valence-corrected chi connectivity index (χ2v) is 35.8. The van der Waals surface area contributed by atoms with E-state index in [1.165, 1.54) is 130 Å². The first kappa shape index (κ1) is 76.6. The van der Waals surface area contributed by atoms with Crippen molar-refractivity contribution in [3.05, 3.63) is 473 Å². The molecular weight excluding hydrogens is 1650 g/mol. The maximum atomic E-state index is 5.47. The third-order valence-electron chi connectivity index (χ3n) is 28.4. The van der Waals surface area contributed by atoms with Gasteiger partial charge in [-0.05, 0) is 217 Å². The van der Waals surface area contributed by atoms with Crippen LogP contribution in [0.2, 0.25) is 0 Å². The van der Waals surface area contributed by atoms with Crippen molar-refractivity contribution >= 4 is 184 Å². The monoisotopic (exact) mass is 1730 g/mol. The zero-order valence-electron chi connectivity index (χ0n) is 73.6. The van der Waals surface area contributed by atoms with E-state index in [1.54, 1.807) is 0 Å². The average molecular weight is 1730 g/mol. The molecule has 0 saturated heterocycles. The van der Waals surface area contributed by atoms with Gasteiger partial charge in [-0.2, -0.15) is 0 Å². The maximum absolute atomic E-state index is 5.47. The molecule has 6 aromatic heterocycles. The van der Waals surface area contributed by atoms with E-state index in [0.717, 1.165) is 133 Å². The van der Waals surface area contributed by atoms with Gasteiger partial charge in [-0.25, -0.2) is 19.9 Å². The Morgan fingerprint density at radius 1 is 0.132 bits per heavy atom. The van der Waals surface area contributed by atoms with E-state index in [-0.39, 0.29) is 0 Å². The average Bonchev–Trinajstić information content (AvgIpc) is 1.63. The molecule has 0 fully saturated rings. The SMILES string of the molecule is c1ccc2c(-c3cc(-c4cccc5ccccc45)nc(-n4c5ccccc5c5cc(-c6ccc7c(c6)c6ccccc6n7-c6cc7ccccc7c7ccccc67)ccc54)n3)cccc2c1.c1ccc2c(-c3cc(-c4cccc5ccccc45)nc(-n4c5ccccc5c5cc(-c6ccc7c(c6)c6ccccc6n7-c6ccc7c8ccccc8c8ccccc8c7c6)ccc54)n3)cccc2c1. The highest BCUT2D eigenvalue weighted by atomic mass is 15.2. The van der Waals surface area contributed by atoms with Crippen molar-refractivity contribution < 1.29 is 0 Å². The van der Waals surface area contributed by atoms with E-state index >= 15 is 0 Å². The molecule has 8 heteroatoms. The number of nitrogens with zero attached hydrogens (tertiary/aromatic N) is 8. The van der Waals surface area contributed by atoms with Crippen LogP contribution >= 0.6 is 0 Å². The number of fused-ring (bicyclic) bond motifs is 25. The van der Waals surface area contributed by atoms with Crippen molar-refractivity contribution in [1.29, 1.82) is 0 Å². The van der Waals surface area contributed by atoms with E-state index in [2.05, 4.69) is 491 Å². The Morgan fingerprint density at radius 3 is 0.750 bits per heavy atom. The molecule has 0 unspecified atom stereocenters. The molecule has 0 radical (unpaired) electrons. The molecule has 0 amide bonds. The van der Waals surface area contributed by atoms with Crippen LogP contribution in [0.3, 0.4) is 0 Å². The molecule has 630 valence electrons. The third kappa shape index (κ3) is 12.1. The molecule has 0 N–H and O–H groups in total. The number of para-hydroxylation sites is 4. The zero-order valence-corrected chi connectivity index (χ0v) is 73.6. The minimum atomic E-state index is 0.636. The normalized spacial score (nSPS) is 12.0. The van der Waals surface area contributed by atoms with E-state index in [4.69, 9.17) is 19.9 Å². The predicted molar refractivity (Wildman–Crippen MR) is 572 cm³/mol. The number of hydrogen-bond donors (Lipinski definition) is 0. The van der Waals surface area contributed by atoms with E-state index < -0.39 is 0 Å². The second kappa shape index (κ2) is 30.7. The first-order valence-electron chi connectivity index (χ1n) is 46.5. The van der Waals surface area contributed by atoms with Gasteiger partial charge < -0.3 is 9.13 Å². The smallest absolute Gasteiger partial charge is 0.235 e. The summed E-state index contributed by atoms with van der Waals surface area (Å²) < 4.78 is 9.40. The minimum absolute atomic E-state index is 0.636. The second-order valence-electron chi connectivity index (χ2n) is 35.8. The standard InChI is InChI=1S/C66H40N4.C62H38N4/c1-3-19-46-41(15-1)17-13-27-53(46)60-40-61(54-28-14-18-42-16-2-4-20-47(42)54)68-66(67-60)70-63-30-12-10-26-56(63)59-38-44(32-36-65(59)70)43-31-35-64-58(37-43)55-25-9-11-29-62(55)69(64)45-33-34-52-50-23-6-5-21-48(50)49-22-7-8-24-51(49)57(52)39-45;1-4-20-44-39(15-1)18-13-27-48(44)55-38-56(49-28-14-19-40-16-2-5-21-45(40)49)64-62(63-55)66-58-30-12-10-26-52(58)54-36-42(32-34-60(54)66)41-31-33-59-53(35-41)51-25-9-11-29-57(51)65(59)61-37-43-17-3-6-22-46(43)47-23-7-8-24-50(47)61/h1-40H;1-38H. The van der Waals surface area contributed by atoms with E-state index in [9.17, 15) is 0 Å². The van der Waals surface area contributed by atoms with E-state index in [0.29, 0.717) is 11.9 Å². The maximum Gasteiger partial charge on any atom is 0.235 e. The summed E-state index contributed by atoms with van der Waals surface area (Å²) in [7, 11) is 0.